The smallest absolute Gasteiger partial charge is 0.492 e. The molecule has 0 heterocycles. The van der Waals surface area contributed by atoms with E-state index in [1.165, 1.54) is 30.3 Å². The van der Waals surface area contributed by atoms with E-state index in [1.54, 1.807) is 6.92 Å². The lowest BCUT2D eigenvalue weighted by atomic mass is 9.91. The number of aliphatic hydroxyl groups is 1. The highest BCUT2D eigenvalue weighted by Gasteiger charge is 2.31. The van der Waals surface area contributed by atoms with Crippen molar-refractivity contribution in [2.45, 2.75) is 38.4 Å². The van der Waals surface area contributed by atoms with Crippen LogP contribution in [0, 0.1) is 11.8 Å². The molecule has 0 saturated carbocycles. The Bertz CT molecular complexity index is 1090. The van der Waals surface area contributed by atoms with Crippen molar-refractivity contribution in [3.63, 3.8) is 0 Å². The standard InChI is InChI=1S/C22H27F3N2O6S/c1-4-14(3)18(13-28)21(29)26-15-9-10-20(19(12-15)32-5-2)34(30,31)27-16-7-6-8-17(11-16)33-22(23,24)25/h6-12,14,18,27-28H,4-5,13H2,1-3H3,(H,26,29)/t14?,18-/m0/s1. The van der Waals surface area contributed by atoms with Crippen molar-refractivity contribution in [1.29, 1.82) is 0 Å². The summed E-state index contributed by atoms with van der Waals surface area (Å²) in [6.45, 7) is 5.14. The van der Waals surface area contributed by atoms with Gasteiger partial charge in [-0.15, -0.1) is 13.2 Å². The van der Waals surface area contributed by atoms with E-state index in [-0.39, 0.29) is 41.2 Å². The summed E-state index contributed by atoms with van der Waals surface area (Å²) in [5.41, 5.74) is 0.107. The van der Waals surface area contributed by atoms with E-state index in [2.05, 4.69) is 14.8 Å². The molecule has 0 saturated heterocycles. The number of benzene rings is 2. The van der Waals surface area contributed by atoms with Crippen LogP contribution in [0.4, 0.5) is 24.5 Å². The number of alkyl halides is 3. The summed E-state index contributed by atoms with van der Waals surface area (Å²) in [4.78, 5) is 12.3. The Balaban J connectivity index is 2.30. The third-order valence-electron chi connectivity index (χ3n) is 4.98. The van der Waals surface area contributed by atoms with Gasteiger partial charge >= 0.3 is 6.36 Å². The molecule has 0 spiro atoms. The molecule has 0 bridgehead atoms. The van der Waals surface area contributed by atoms with E-state index in [4.69, 9.17) is 4.74 Å². The minimum atomic E-state index is -4.93. The highest BCUT2D eigenvalue weighted by Crippen LogP contribution is 2.31. The van der Waals surface area contributed by atoms with Crippen molar-refractivity contribution in [3.05, 3.63) is 42.5 Å². The van der Waals surface area contributed by atoms with Gasteiger partial charge in [-0.2, -0.15) is 0 Å². The fraction of sp³-hybridized carbons (Fsp3) is 0.409. The van der Waals surface area contributed by atoms with Crippen LogP contribution >= 0.6 is 0 Å². The normalized spacial score (nSPS) is 13.6. The van der Waals surface area contributed by atoms with Crippen LogP contribution in [0.3, 0.4) is 0 Å². The van der Waals surface area contributed by atoms with Crippen molar-refractivity contribution < 1.29 is 41.0 Å². The number of rotatable bonds is 11. The Morgan fingerprint density at radius 2 is 1.82 bits per heavy atom. The number of anilines is 2. The van der Waals surface area contributed by atoms with Gasteiger partial charge in [0.15, 0.2) is 0 Å². The summed E-state index contributed by atoms with van der Waals surface area (Å²) in [6.07, 6.45) is -4.25. The minimum absolute atomic E-state index is 0.0698. The van der Waals surface area contributed by atoms with Crippen LogP contribution in [0.15, 0.2) is 47.4 Å². The number of nitrogens with one attached hydrogen (secondary N) is 2. The molecule has 1 unspecified atom stereocenters. The highest BCUT2D eigenvalue weighted by molar-refractivity contribution is 7.92. The van der Waals surface area contributed by atoms with Gasteiger partial charge in [-0.3, -0.25) is 9.52 Å². The number of hydrogen-bond donors (Lipinski definition) is 3. The van der Waals surface area contributed by atoms with Crippen molar-refractivity contribution >= 4 is 27.3 Å². The SMILES string of the molecule is CCOc1cc(NC(=O)[C@@H](CO)C(C)CC)ccc1S(=O)(=O)Nc1cccc(OC(F)(F)F)c1. The Hall–Kier alpha value is -2.99. The lowest BCUT2D eigenvalue weighted by molar-refractivity contribution is -0.274. The van der Waals surface area contributed by atoms with Crippen molar-refractivity contribution in [1.82, 2.24) is 0 Å². The second-order valence-electron chi connectivity index (χ2n) is 7.44. The zero-order valence-corrected chi connectivity index (χ0v) is 19.7. The van der Waals surface area contributed by atoms with E-state index in [0.717, 1.165) is 12.1 Å². The maximum Gasteiger partial charge on any atom is 0.573 e. The summed E-state index contributed by atoms with van der Waals surface area (Å²) in [6, 6.07) is 8.27. The Morgan fingerprint density at radius 3 is 2.41 bits per heavy atom. The number of aliphatic hydroxyl groups excluding tert-OH is 1. The van der Waals surface area contributed by atoms with Crippen molar-refractivity contribution in [2.24, 2.45) is 11.8 Å². The fourth-order valence-corrected chi connectivity index (χ4v) is 4.26. The summed E-state index contributed by atoms with van der Waals surface area (Å²) >= 11 is 0. The van der Waals surface area contributed by atoms with Crippen LogP contribution in [0.5, 0.6) is 11.5 Å². The zero-order chi connectivity index (χ0) is 25.5. The van der Waals surface area contributed by atoms with E-state index in [0.29, 0.717) is 6.42 Å². The molecule has 12 heteroatoms. The van der Waals surface area contributed by atoms with E-state index < -0.39 is 34.0 Å². The lowest BCUT2D eigenvalue weighted by Gasteiger charge is -2.20. The monoisotopic (exact) mass is 504 g/mol. The summed E-state index contributed by atoms with van der Waals surface area (Å²) in [5.74, 6) is -1.79. The number of sulfonamides is 1. The predicted octanol–water partition coefficient (Wildman–Crippen LogP) is 4.38. The topological polar surface area (TPSA) is 114 Å². The molecule has 2 rings (SSSR count). The first-order valence-corrected chi connectivity index (χ1v) is 12.0. The van der Waals surface area contributed by atoms with Gasteiger partial charge in [0, 0.05) is 17.8 Å². The quantitative estimate of drug-likeness (QED) is 0.419. The van der Waals surface area contributed by atoms with Crippen LogP contribution in [0.1, 0.15) is 27.2 Å². The molecule has 0 aliphatic rings. The number of ether oxygens (including phenoxy) is 2. The van der Waals surface area contributed by atoms with Crippen LogP contribution in [-0.4, -0.2) is 39.0 Å². The van der Waals surface area contributed by atoms with Crippen LogP contribution in [-0.2, 0) is 14.8 Å². The summed E-state index contributed by atoms with van der Waals surface area (Å²) in [7, 11) is -4.27. The molecule has 0 aliphatic heterocycles. The molecule has 3 N–H and O–H groups in total. The average molecular weight is 505 g/mol. The first kappa shape index (κ1) is 27.3. The number of carbonyl (C=O) groups is 1. The van der Waals surface area contributed by atoms with Gasteiger partial charge in [0.05, 0.1) is 24.8 Å². The van der Waals surface area contributed by atoms with E-state index >= 15 is 0 Å². The van der Waals surface area contributed by atoms with Crippen LogP contribution in [0.2, 0.25) is 0 Å². The van der Waals surface area contributed by atoms with Gasteiger partial charge in [0.1, 0.15) is 16.4 Å². The van der Waals surface area contributed by atoms with Gasteiger partial charge in [-0.05, 0) is 37.1 Å². The first-order valence-electron chi connectivity index (χ1n) is 10.5. The van der Waals surface area contributed by atoms with Crippen molar-refractivity contribution in [3.8, 4) is 11.5 Å². The minimum Gasteiger partial charge on any atom is -0.492 e. The Morgan fingerprint density at radius 1 is 1.12 bits per heavy atom. The van der Waals surface area contributed by atoms with Gasteiger partial charge in [-0.25, -0.2) is 8.42 Å². The van der Waals surface area contributed by atoms with Crippen molar-refractivity contribution in [2.75, 3.05) is 23.3 Å². The molecule has 0 fully saturated rings. The molecule has 2 aromatic rings. The molecular formula is C22H27F3N2O6S. The first-order chi connectivity index (χ1) is 15.9. The van der Waals surface area contributed by atoms with Gasteiger partial charge in [0.2, 0.25) is 5.91 Å². The van der Waals surface area contributed by atoms with Crippen LogP contribution in [0.25, 0.3) is 0 Å². The van der Waals surface area contributed by atoms with Gasteiger partial charge in [0.25, 0.3) is 10.0 Å². The zero-order valence-electron chi connectivity index (χ0n) is 18.8. The van der Waals surface area contributed by atoms with Gasteiger partial charge < -0.3 is 19.9 Å². The maximum atomic E-state index is 12.9. The second kappa shape index (κ2) is 11.4. The molecule has 8 nitrogen and oxygen atoms in total. The molecule has 0 aliphatic carbocycles. The summed E-state index contributed by atoms with van der Waals surface area (Å²) in [5, 5.41) is 12.2. The third kappa shape index (κ3) is 7.52. The number of halogens is 3. The molecule has 2 atom stereocenters. The number of amides is 1. The number of hydrogen-bond acceptors (Lipinski definition) is 6. The average Bonchev–Trinajstić information content (AvgIpc) is 2.73. The molecule has 0 radical (unpaired) electrons. The van der Waals surface area contributed by atoms with E-state index in [9.17, 15) is 31.5 Å². The van der Waals surface area contributed by atoms with Crippen LogP contribution < -0.4 is 19.5 Å². The predicted molar refractivity (Wildman–Crippen MR) is 120 cm³/mol. The summed E-state index contributed by atoms with van der Waals surface area (Å²) < 4.78 is 74.7. The molecule has 188 valence electrons. The second-order valence-corrected chi connectivity index (χ2v) is 9.09. The third-order valence-corrected chi connectivity index (χ3v) is 6.41. The lowest BCUT2D eigenvalue weighted by Crippen LogP contribution is -2.30. The molecule has 34 heavy (non-hydrogen) atoms. The number of carbonyl (C=O) groups excluding carboxylic acids is 1. The van der Waals surface area contributed by atoms with E-state index in [1.807, 2.05) is 13.8 Å². The molecule has 0 aromatic heterocycles. The van der Waals surface area contributed by atoms with Gasteiger partial charge in [-0.1, -0.05) is 26.3 Å². The Labute approximate surface area is 196 Å². The molecule has 1 amide bonds. The molecular weight excluding hydrogens is 477 g/mol. The maximum absolute atomic E-state index is 12.9. The largest absolute Gasteiger partial charge is 0.573 e. The molecule has 2 aromatic carbocycles. The fourth-order valence-electron chi connectivity index (χ4n) is 3.08. The highest BCUT2D eigenvalue weighted by atomic mass is 32.2. The Kier molecular flexibility index (Phi) is 9.16.